The molecule has 2 unspecified atom stereocenters. The highest BCUT2D eigenvalue weighted by atomic mass is 31.2. The summed E-state index contributed by atoms with van der Waals surface area (Å²) in [5, 5.41) is 0. The number of hydrogen-bond acceptors (Lipinski definition) is 6. The molecule has 10 heteroatoms. The maximum absolute atomic E-state index is 11.1. The van der Waals surface area contributed by atoms with Gasteiger partial charge in [-0.2, -0.15) is 0 Å². The van der Waals surface area contributed by atoms with Crippen LogP contribution >= 0.6 is 14.7 Å². The van der Waals surface area contributed by atoms with Gasteiger partial charge in [-0.05, 0) is 0 Å². The van der Waals surface area contributed by atoms with Gasteiger partial charge in [0, 0.05) is 25.7 Å². The van der Waals surface area contributed by atoms with Gasteiger partial charge in [0.2, 0.25) is 0 Å². The van der Waals surface area contributed by atoms with Crippen molar-refractivity contribution in [3.05, 3.63) is 0 Å². The fourth-order valence-corrected chi connectivity index (χ4v) is 2.25. The summed E-state index contributed by atoms with van der Waals surface area (Å²) in [4.78, 5) is 40.2. The number of carbonyl (C=O) groups excluding carboxylic acids is 2. The average Bonchev–Trinajstić information content (AvgIpc) is 2.27. The van der Waals surface area contributed by atoms with Gasteiger partial charge < -0.3 is 19.3 Å². The predicted octanol–water partition coefficient (Wildman–Crippen LogP) is 0.653. The van der Waals surface area contributed by atoms with E-state index in [-0.39, 0.29) is 38.4 Å². The van der Waals surface area contributed by atoms with Crippen LogP contribution in [0.1, 0.15) is 12.8 Å². The summed E-state index contributed by atoms with van der Waals surface area (Å²) < 4.78 is 31.2. The molecule has 0 bridgehead atoms. The molecule has 0 radical (unpaired) electrons. The molecular weight excluding hydrogens is 310 g/mol. The molecule has 2 N–H and O–H groups in total. The molecule has 0 aliphatic heterocycles. The second kappa shape index (κ2) is 8.57. The Morgan fingerprint density at radius 2 is 1.15 bits per heavy atom. The van der Waals surface area contributed by atoms with Crippen molar-refractivity contribution < 1.29 is 38.0 Å². The van der Waals surface area contributed by atoms with E-state index in [0.717, 1.165) is 13.3 Å². The summed E-state index contributed by atoms with van der Waals surface area (Å²) in [7, 11) is -6.47. The zero-order chi connectivity index (χ0) is 15.8. The number of carbonyl (C=O) groups is 2. The Hall–Kier alpha value is -0.680. The zero-order valence-corrected chi connectivity index (χ0v) is 13.3. The maximum Gasteiger partial charge on any atom is 0.306 e. The van der Waals surface area contributed by atoms with Crippen LogP contribution in [-0.4, -0.2) is 60.6 Å². The quantitative estimate of drug-likeness (QED) is 0.358. The van der Waals surface area contributed by atoms with Crippen molar-refractivity contribution in [2.45, 2.75) is 12.8 Å². The molecule has 8 nitrogen and oxygen atoms in total. The fourth-order valence-electron chi connectivity index (χ4n) is 1.05. The van der Waals surface area contributed by atoms with Crippen molar-refractivity contribution in [1.82, 2.24) is 0 Å². The van der Waals surface area contributed by atoms with Crippen molar-refractivity contribution in [1.29, 1.82) is 0 Å². The topological polar surface area (TPSA) is 127 Å². The van der Waals surface area contributed by atoms with E-state index in [1.165, 1.54) is 0 Å². The SMILES string of the molecule is CP(=O)(O)CCC(=O)OCCOC(=O)CCP(C)(=O)O. The Bertz CT molecular complexity index is 381. The summed E-state index contributed by atoms with van der Waals surface area (Å²) in [5.41, 5.74) is 0. The lowest BCUT2D eigenvalue weighted by molar-refractivity contribution is -0.151. The van der Waals surface area contributed by atoms with E-state index in [2.05, 4.69) is 9.47 Å². The van der Waals surface area contributed by atoms with E-state index < -0.39 is 26.7 Å². The van der Waals surface area contributed by atoms with Crippen LogP contribution in [0.5, 0.6) is 0 Å². The Labute approximate surface area is 117 Å². The zero-order valence-electron chi connectivity index (χ0n) is 11.5. The van der Waals surface area contributed by atoms with Crippen LogP contribution in [0.15, 0.2) is 0 Å². The van der Waals surface area contributed by atoms with Gasteiger partial charge in [0.25, 0.3) is 0 Å². The minimum absolute atomic E-state index is 0.159. The molecule has 0 amide bonds. The summed E-state index contributed by atoms with van der Waals surface area (Å²) in [5.74, 6) is -1.30. The highest BCUT2D eigenvalue weighted by Crippen LogP contribution is 2.36. The molecule has 20 heavy (non-hydrogen) atoms. The van der Waals surface area contributed by atoms with Gasteiger partial charge in [0.05, 0.1) is 12.8 Å². The highest BCUT2D eigenvalue weighted by Gasteiger charge is 2.15. The van der Waals surface area contributed by atoms with Crippen molar-refractivity contribution in [3.8, 4) is 0 Å². The van der Waals surface area contributed by atoms with Gasteiger partial charge in [-0.3, -0.25) is 18.7 Å². The van der Waals surface area contributed by atoms with Crippen molar-refractivity contribution in [2.24, 2.45) is 0 Å². The van der Waals surface area contributed by atoms with Crippen LogP contribution < -0.4 is 0 Å². The van der Waals surface area contributed by atoms with Crippen molar-refractivity contribution >= 4 is 26.7 Å². The van der Waals surface area contributed by atoms with Crippen LogP contribution in [0.3, 0.4) is 0 Å². The van der Waals surface area contributed by atoms with Crippen LogP contribution in [0.4, 0.5) is 0 Å². The Balaban J connectivity index is 3.66. The molecule has 2 atom stereocenters. The number of ether oxygens (including phenoxy) is 2. The van der Waals surface area contributed by atoms with Crippen molar-refractivity contribution in [3.63, 3.8) is 0 Å². The van der Waals surface area contributed by atoms with E-state index in [0.29, 0.717) is 0 Å². The number of hydrogen-bond donors (Lipinski definition) is 2. The van der Waals surface area contributed by atoms with Crippen LogP contribution in [0.25, 0.3) is 0 Å². The molecule has 0 aliphatic rings. The highest BCUT2D eigenvalue weighted by molar-refractivity contribution is 7.57. The molecule has 0 spiro atoms. The smallest absolute Gasteiger partial charge is 0.306 e. The lowest BCUT2D eigenvalue weighted by atomic mass is 10.5. The lowest BCUT2D eigenvalue weighted by Crippen LogP contribution is -2.15. The first-order chi connectivity index (χ1) is 8.99. The second-order valence-electron chi connectivity index (χ2n) is 4.49. The van der Waals surface area contributed by atoms with Gasteiger partial charge in [-0.1, -0.05) is 0 Å². The molecule has 0 aromatic heterocycles. The number of rotatable bonds is 9. The molecule has 0 saturated heterocycles. The molecule has 0 aromatic rings. The van der Waals surface area contributed by atoms with E-state index in [1.807, 2.05) is 0 Å². The van der Waals surface area contributed by atoms with Crippen LogP contribution in [0.2, 0.25) is 0 Å². The second-order valence-corrected chi connectivity index (χ2v) is 9.59. The van der Waals surface area contributed by atoms with Crippen molar-refractivity contribution in [2.75, 3.05) is 38.9 Å². The predicted molar refractivity (Wildman–Crippen MR) is 72.4 cm³/mol. The lowest BCUT2D eigenvalue weighted by Gasteiger charge is -2.08. The van der Waals surface area contributed by atoms with E-state index in [9.17, 15) is 18.7 Å². The first-order valence-electron chi connectivity index (χ1n) is 5.89. The largest absolute Gasteiger partial charge is 0.462 e. The molecular formula is C10H20O8P2. The standard InChI is InChI=1S/C10H20O8P2/c1-19(13,14)7-3-9(11)17-5-6-18-10(12)4-8-20(2,15)16/h3-8H2,1-2H3,(H,13,14)(H,15,16). The third-order valence-corrected chi connectivity index (χ3v) is 4.18. The van der Waals surface area contributed by atoms with E-state index in [4.69, 9.17) is 9.79 Å². The molecule has 0 aliphatic carbocycles. The molecule has 118 valence electrons. The van der Waals surface area contributed by atoms with Gasteiger partial charge in [-0.25, -0.2) is 0 Å². The molecule has 0 aromatic carbocycles. The fraction of sp³-hybridized carbons (Fsp3) is 0.800. The van der Waals surface area contributed by atoms with E-state index in [1.54, 1.807) is 0 Å². The number of esters is 2. The van der Waals surface area contributed by atoms with Gasteiger partial charge in [0.15, 0.2) is 14.7 Å². The van der Waals surface area contributed by atoms with Crippen LogP contribution in [-0.2, 0) is 28.2 Å². The first-order valence-corrected chi connectivity index (χ1v) is 10.5. The maximum atomic E-state index is 11.1. The molecule has 0 saturated carbocycles. The Kier molecular flexibility index (Phi) is 8.28. The Morgan fingerprint density at radius 1 is 0.850 bits per heavy atom. The third-order valence-electron chi connectivity index (χ3n) is 2.07. The summed E-state index contributed by atoms with van der Waals surface area (Å²) in [6.45, 7) is 1.98. The summed E-state index contributed by atoms with van der Waals surface area (Å²) in [6, 6.07) is 0. The minimum Gasteiger partial charge on any atom is -0.462 e. The molecule has 0 heterocycles. The minimum atomic E-state index is -3.24. The van der Waals surface area contributed by atoms with Gasteiger partial charge >= 0.3 is 11.9 Å². The molecule has 0 fully saturated rings. The molecule has 0 rings (SSSR count). The third kappa shape index (κ3) is 13.7. The van der Waals surface area contributed by atoms with Gasteiger partial charge in [-0.15, -0.1) is 0 Å². The summed E-state index contributed by atoms with van der Waals surface area (Å²) in [6.07, 6.45) is -0.675. The summed E-state index contributed by atoms with van der Waals surface area (Å²) >= 11 is 0. The normalized spacial score (nSPS) is 16.8. The first kappa shape index (κ1) is 19.3. The van der Waals surface area contributed by atoms with Gasteiger partial charge in [0.1, 0.15) is 13.2 Å². The average molecular weight is 330 g/mol. The van der Waals surface area contributed by atoms with Crippen LogP contribution in [0, 0.1) is 0 Å². The monoisotopic (exact) mass is 330 g/mol. The Morgan fingerprint density at radius 3 is 1.40 bits per heavy atom. The van der Waals surface area contributed by atoms with E-state index >= 15 is 0 Å².